The van der Waals surface area contributed by atoms with Crippen molar-refractivity contribution in [3.63, 3.8) is 0 Å². The molecule has 0 aliphatic carbocycles. The number of rotatable bonds is 3. The van der Waals surface area contributed by atoms with Crippen molar-refractivity contribution >= 4 is 0 Å². The van der Waals surface area contributed by atoms with Crippen LogP contribution >= 0.6 is 0 Å². The lowest BCUT2D eigenvalue weighted by Crippen LogP contribution is -1.99. The monoisotopic (exact) mass is 263 g/mol. The van der Waals surface area contributed by atoms with Gasteiger partial charge >= 0.3 is 0 Å². The first kappa shape index (κ1) is 13.0. The molecular formula is C14H8F3NO. The number of nitriles is 1. The first-order valence-electron chi connectivity index (χ1n) is 5.37. The van der Waals surface area contributed by atoms with E-state index in [9.17, 15) is 13.2 Å². The third-order valence-corrected chi connectivity index (χ3v) is 2.47. The van der Waals surface area contributed by atoms with Crippen molar-refractivity contribution in [2.24, 2.45) is 0 Å². The van der Waals surface area contributed by atoms with Crippen LogP contribution in [0.15, 0.2) is 36.4 Å². The molecule has 0 atom stereocenters. The van der Waals surface area contributed by atoms with Crippen LogP contribution in [0.3, 0.4) is 0 Å². The summed E-state index contributed by atoms with van der Waals surface area (Å²) in [6.45, 7) is -0.0880. The van der Waals surface area contributed by atoms with Gasteiger partial charge < -0.3 is 4.74 Å². The highest BCUT2D eigenvalue weighted by molar-refractivity contribution is 5.43. The van der Waals surface area contributed by atoms with Gasteiger partial charge in [-0.15, -0.1) is 0 Å². The molecule has 0 saturated carbocycles. The molecule has 5 heteroatoms. The average molecular weight is 263 g/mol. The molecule has 0 saturated heterocycles. The summed E-state index contributed by atoms with van der Waals surface area (Å²) in [5.74, 6) is -2.56. The Balaban J connectivity index is 2.17. The second-order valence-electron chi connectivity index (χ2n) is 3.76. The third-order valence-electron chi connectivity index (χ3n) is 2.47. The molecule has 0 bridgehead atoms. The van der Waals surface area contributed by atoms with Gasteiger partial charge in [0.1, 0.15) is 29.8 Å². The lowest BCUT2D eigenvalue weighted by molar-refractivity contribution is 0.302. The molecule has 0 radical (unpaired) electrons. The molecule has 0 aromatic heterocycles. The second kappa shape index (κ2) is 5.44. The number of benzene rings is 2. The Kier molecular flexibility index (Phi) is 3.71. The van der Waals surface area contributed by atoms with E-state index in [-0.39, 0.29) is 17.9 Å². The van der Waals surface area contributed by atoms with Crippen molar-refractivity contribution in [3.8, 4) is 11.8 Å². The summed E-state index contributed by atoms with van der Waals surface area (Å²) in [7, 11) is 0. The van der Waals surface area contributed by atoms with Crippen molar-refractivity contribution in [2.75, 3.05) is 0 Å². The van der Waals surface area contributed by atoms with E-state index in [1.165, 1.54) is 18.2 Å². The summed E-state index contributed by atoms with van der Waals surface area (Å²) < 4.78 is 44.2. The number of halogens is 3. The Morgan fingerprint density at radius 3 is 2.47 bits per heavy atom. The third kappa shape index (κ3) is 2.86. The normalized spacial score (nSPS) is 10.0. The summed E-state index contributed by atoms with van der Waals surface area (Å²) in [5.41, 5.74) is 0.164. The van der Waals surface area contributed by atoms with Crippen LogP contribution in [-0.2, 0) is 6.61 Å². The second-order valence-corrected chi connectivity index (χ2v) is 3.76. The highest BCUT2D eigenvalue weighted by atomic mass is 19.2. The van der Waals surface area contributed by atoms with Crippen molar-refractivity contribution in [1.82, 2.24) is 0 Å². The molecule has 0 unspecified atom stereocenters. The molecule has 2 nitrogen and oxygen atoms in total. The molecule has 19 heavy (non-hydrogen) atoms. The lowest BCUT2D eigenvalue weighted by Gasteiger charge is -2.08. The first-order chi connectivity index (χ1) is 9.11. The van der Waals surface area contributed by atoms with E-state index >= 15 is 0 Å². The van der Waals surface area contributed by atoms with Gasteiger partial charge in [-0.2, -0.15) is 5.26 Å². The van der Waals surface area contributed by atoms with Gasteiger partial charge in [0.25, 0.3) is 0 Å². The molecule has 0 amide bonds. The quantitative estimate of drug-likeness (QED) is 0.848. The van der Waals surface area contributed by atoms with Crippen LogP contribution in [-0.4, -0.2) is 0 Å². The van der Waals surface area contributed by atoms with Crippen LogP contribution in [0.25, 0.3) is 0 Å². The van der Waals surface area contributed by atoms with Crippen LogP contribution in [0.5, 0.6) is 5.75 Å². The van der Waals surface area contributed by atoms with E-state index in [1.54, 1.807) is 6.07 Å². The zero-order valence-corrected chi connectivity index (χ0v) is 9.66. The molecular weight excluding hydrogens is 255 g/mol. The van der Waals surface area contributed by atoms with E-state index < -0.39 is 17.5 Å². The predicted octanol–water partition coefficient (Wildman–Crippen LogP) is 3.55. The number of nitrogens with zero attached hydrogens (tertiary/aromatic N) is 1. The Hall–Kier alpha value is -2.48. The predicted molar refractivity (Wildman–Crippen MR) is 61.8 cm³/mol. The molecule has 0 N–H and O–H groups in total. The lowest BCUT2D eigenvalue weighted by atomic mass is 10.2. The minimum atomic E-state index is -0.985. The maximum atomic E-state index is 13.3. The zero-order chi connectivity index (χ0) is 13.8. The molecule has 0 fully saturated rings. The largest absolute Gasteiger partial charge is 0.487 e. The Labute approximate surface area is 107 Å². The first-order valence-corrected chi connectivity index (χ1v) is 5.37. The summed E-state index contributed by atoms with van der Waals surface area (Å²) in [6, 6.07) is 8.97. The van der Waals surface area contributed by atoms with E-state index in [0.29, 0.717) is 5.56 Å². The van der Waals surface area contributed by atoms with E-state index in [0.717, 1.165) is 18.2 Å². The van der Waals surface area contributed by atoms with Crippen molar-refractivity contribution in [1.29, 1.82) is 5.26 Å². The minimum Gasteiger partial charge on any atom is -0.487 e. The molecule has 0 spiro atoms. The van der Waals surface area contributed by atoms with Crippen LogP contribution in [0.1, 0.15) is 11.1 Å². The van der Waals surface area contributed by atoms with E-state index in [1.807, 2.05) is 0 Å². The summed E-state index contributed by atoms with van der Waals surface area (Å²) >= 11 is 0. The molecule has 2 rings (SSSR count). The van der Waals surface area contributed by atoms with E-state index in [4.69, 9.17) is 10.00 Å². The molecule has 0 aliphatic rings. The summed E-state index contributed by atoms with van der Waals surface area (Å²) in [5, 5.41) is 8.80. The molecule has 96 valence electrons. The Morgan fingerprint density at radius 1 is 1.00 bits per heavy atom. The minimum absolute atomic E-state index is 0.0623. The Morgan fingerprint density at radius 2 is 1.79 bits per heavy atom. The van der Waals surface area contributed by atoms with Gasteiger partial charge in [-0.1, -0.05) is 12.1 Å². The Bertz CT molecular complexity index is 650. The van der Waals surface area contributed by atoms with Crippen molar-refractivity contribution < 1.29 is 17.9 Å². The smallest absolute Gasteiger partial charge is 0.159 e. The summed E-state index contributed by atoms with van der Waals surface area (Å²) in [4.78, 5) is 0. The van der Waals surface area contributed by atoms with Gasteiger partial charge in [0.2, 0.25) is 0 Å². The highest BCUT2D eigenvalue weighted by Crippen LogP contribution is 2.21. The molecule has 2 aromatic carbocycles. The van der Waals surface area contributed by atoms with Crippen LogP contribution in [0.2, 0.25) is 0 Å². The maximum absolute atomic E-state index is 13.3. The molecule has 0 aliphatic heterocycles. The molecule has 2 aromatic rings. The van der Waals surface area contributed by atoms with E-state index in [2.05, 4.69) is 0 Å². The fourth-order valence-corrected chi connectivity index (χ4v) is 1.52. The fourth-order valence-electron chi connectivity index (χ4n) is 1.52. The van der Waals surface area contributed by atoms with Gasteiger partial charge in [0.15, 0.2) is 11.6 Å². The maximum Gasteiger partial charge on any atom is 0.159 e. The van der Waals surface area contributed by atoms with Gasteiger partial charge in [0.05, 0.1) is 0 Å². The van der Waals surface area contributed by atoms with Crippen molar-refractivity contribution in [3.05, 3.63) is 65.0 Å². The van der Waals surface area contributed by atoms with Gasteiger partial charge in [-0.25, -0.2) is 13.2 Å². The topological polar surface area (TPSA) is 33.0 Å². The van der Waals surface area contributed by atoms with Crippen LogP contribution < -0.4 is 4.74 Å². The summed E-state index contributed by atoms with van der Waals surface area (Å²) in [6.07, 6.45) is 0. The van der Waals surface area contributed by atoms with Gasteiger partial charge in [-0.3, -0.25) is 0 Å². The zero-order valence-electron chi connectivity index (χ0n) is 9.66. The van der Waals surface area contributed by atoms with Gasteiger partial charge in [-0.05, 0) is 29.8 Å². The number of ether oxygens (including phenoxy) is 1. The number of hydrogen-bond donors (Lipinski definition) is 0. The highest BCUT2D eigenvalue weighted by Gasteiger charge is 2.09. The van der Waals surface area contributed by atoms with Crippen LogP contribution in [0, 0.1) is 28.8 Å². The molecule has 0 heterocycles. The average Bonchev–Trinajstić information content (AvgIpc) is 2.40. The van der Waals surface area contributed by atoms with Crippen LogP contribution in [0.4, 0.5) is 13.2 Å². The standard InChI is InChI=1S/C14H8F3NO/c15-11-2-1-3-14(10(11)7-18)19-8-9-4-5-12(16)13(17)6-9/h1-6H,8H2. The number of hydrogen-bond acceptors (Lipinski definition) is 2. The SMILES string of the molecule is N#Cc1c(F)cccc1OCc1ccc(F)c(F)c1. The fraction of sp³-hybridized carbons (Fsp3) is 0.0714. The van der Waals surface area contributed by atoms with Gasteiger partial charge in [0, 0.05) is 0 Å². The van der Waals surface area contributed by atoms with Crippen molar-refractivity contribution in [2.45, 2.75) is 6.61 Å².